The highest BCUT2D eigenvalue weighted by Gasteiger charge is 2.22. The standard InChI is InChI=1S/C10H17N5O/c11-14-10-12-5-4-9(13-10)15-6-2-1-3-8(15)7-16/h4-5,8,16H,1-3,6-7,11H2,(H,12,13,14). The number of hydrazine groups is 1. The first-order chi connectivity index (χ1) is 7.85. The van der Waals surface area contributed by atoms with Crippen LogP contribution in [0.15, 0.2) is 12.3 Å². The summed E-state index contributed by atoms with van der Waals surface area (Å²) in [7, 11) is 0. The van der Waals surface area contributed by atoms with E-state index in [1.54, 1.807) is 6.20 Å². The molecule has 0 saturated carbocycles. The lowest BCUT2D eigenvalue weighted by Gasteiger charge is -2.35. The molecular weight excluding hydrogens is 206 g/mol. The molecule has 1 atom stereocenters. The van der Waals surface area contributed by atoms with E-state index in [1.165, 1.54) is 0 Å². The molecule has 1 unspecified atom stereocenters. The Balaban J connectivity index is 2.20. The molecule has 0 radical (unpaired) electrons. The van der Waals surface area contributed by atoms with Crippen molar-refractivity contribution in [1.82, 2.24) is 9.97 Å². The van der Waals surface area contributed by atoms with E-state index in [1.807, 2.05) is 6.07 Å². The molecular formula is C10H17N5O. The van der Waals surface area contributed by atoms with Gasteiger partial charge in [0, 0.05) is 12.7 Å². The second kappa shape index (κ2) is 5.09. The minimum Gasteiger partial charge on any atom is -0.394 e. The van der Waals surface area contributed by atoms with Crippen LogP contribution in [0.1, 0.15) is 19.3 Å². The van der Waals surface area contributed by atoms with Gasteiger partial charge in [-0.15, -0.1) is 0 Å². The van der Waals surface area contributed by atoms with E-state index in [4.69, 9.17) is 5.84 Å². The number of aliphatic hydroxyl groups is 1. The van der Waals surface area contributed by atoms with Crippen molar-refractivity contribution in [3.63, 3.8) is 0 Å². The van der Waals surface area contributed by atoms with Crippen LogP contribution in [0.4, 0.5) is 11.8 Å². The number of nitrogens with one attached hydrogen (secondary N) is 1. The Labute approximate surface area is 94.5 Å². The van der Waals surface area contributed by atoms with Crippen molar-refractivity contribution >= 4 is 11.8 Å². The molecule has 6 heteroatoms. The Hall–Kier alpha value is -1.40. The van der Waals surface area contributed by atoms with Gasteiger partial charge in [0.15, 0.2) is 0 Å². The summed E-state index contributed by atoms with van der Waals surface area (Å²) in [5, 5.41) is 9.32. The fourth-order valence-electron chi connectivity index (χ4n) is 2.07. The normalized spacial score (nSPS) is 20.9. The minimum atomic E-state index is 0.161. The number of rotatable bonds is 3. The van der Waals surface area contributed by atoms with Crippen molar-refractivity contribution in [3.8, 4) is 0 Å². The average Bonchev–Trinajstić information content (AvgIpc) is 2.38. The zero-order valence-corrected chi connectivity index (χ0v) is 9.13. The molecule has 0 aromatic carbocycles. The van der Waals surface area contributed by atoms with E-state index >= 15 is 0 Å². The van der Waals surface area contributed by atoms with Crippen molar-refractivity contribution in [3.05, 3.63) is 12.3 Å². The van der Waals surface area contributed by atoms with E-state index in [-0.39, 0.29) is 12.6 Å². The van der Waals surface area contributed by atoms with Gasteiger partial charge in [0.1, 0.15) is 5.82 Å². The maximum atomic E-state index is 9.32. The Morgan fingerprint density at radius 3 is 3.19 bits per heavy atom. The molecule has 1 aliphatic rings. The van der Waals surface area contributed by atoms with Gasteiger partial charge in [-0.2, -0.15) is 4.98 Å². The summed E-state index contributed by atoms with van der Waals surface area (Å²) in [4.78, 5) is 10.4. The molecule has 16 heavy (non-hydrogen) atoms. The number of nitrogens with zero attached hydrogens (tertiary/aromatic N) is 3. The van der Waals surface area contributed by atoms with Crippen molar-refractivity contribution in [2.75, 3.05) is 23.5 Å². The molecule has 1 aromatic heterocycles. The van der Waals surface area contributed by atoms with E-state index in [9.17, 15) is 5.11 Å². The predicted molar refractivity (Wildman–Crippen MR) is 61.9 cm³/mol. The van der Waals surface area contributed by atoms with Crippen LogP contribution in [0, 0.1) is 0 Å². The summed E-state index contributed by atoms with van der Waals surface area (Å²) in [5.74, 6) is 6.50. The predicted octanol–water partition coefficient (Wildman–Crippen LogP) is 0.113. The SMILES string of the molecule is NNc1nccc(N2CCCCC2CO)n1. The van der Waals surface area contributed by atoms with Crippen LogP contribution >= 0.6 is 0 Å². The smallest absolute Gasteiger partial charge is 0.239 e. The molecule has 0 spiro atoms. The number of aromatic nitrogens is 2. The first kappa shape index (κ1) is 11.1. The fourth-order valence-corrected chi connectivity index (χ4v) is 2.07. The Bertz CT molecular complexity index is 346. The monoisotopic (exact) mass is 223 g/mol. The van der Waals surface area contributed by atoms with E-state index in [0.717, 1.165) is 31.6 Å². The van der Waals surface area contributed by atoms with Crippen LogP contribution in [-0.4, -0.2) is 34.3 Å². The molecule has 1 aromatic rings. The lowest BCUT2D eigenvalue weighted by atomic mass is 10.0. The minimum absolute atomic E-state index is 0.161. The summed E-state index contributed by atoms with van der Waals surface area (Å²) >= 11 is 0. The molecule has 1 aliphatic heterocycles. The Kier molecular flexibility index (Phi) is 3.53. The summed E-state index contributed by atoms with van der Waals surface area (Å²) < 4.78 is 0. The summed E-state index contributed by atoms with van der Waals surface area (Å²) in [5.41, 5.74) is 2.43. The third-order valence-electron chi connectivity index (χ3n) is 2.90. The average molecular weight is 223 g/mol. The second-order valence-corrected chi connectivity index (χ2v) is 3.91. The second-order valence-electron chi connectivity index (χ2n) is 3.91. The van der Waals surface area contributed by atoms with Crippen molar-refractivity contribution in [2.45, 2.75) is 25.3 Å². The first-order valence-electron chi connectivity index (χ1n) is 5.52. The van der Waals surface area contributed by atoms with Gasteiger partial charge in [-0.3, -0.25) is 5.43 Å². The maximum absolute atomic E-state index is 9.32. The van der Waals surface area contributed by atoms with Crippen LogP contribution in [0.2, 0.25) is 0 Å². The van der Waals surface area contributed by atoms with Gasteiger partial charge in [-0.1, -0.05) is 0 Å². The number of hydrogen-bond donors (Lipinski definition) is 3. The molecule has 0 bridgehead atoms. The molecule has 2 rings (SSSR count). The molecule has 88 valence electrons. The number of nitrogens with two attached hydrogens (primary N) is 1. The van der Waals surface area contributed by atoms with Gasteiger partial charge in [-0.25, -0.2) is 10.8 Å². The molecule has 6 nitrogen and oxygen atoms in total. The summed E-state index contributed by atoms with van der Waals surface area (Å²) in [6.07, 6.45) is 4.97. The molecule has 1 saturated heterocycles. The number of piperidine rings is 1. The topological polar surface area (TPSA) is 87.3 Å². The number of nitrogen functional groups attached to an aromatic ring is 1. The number of aliphatic hydroxyl groups excluding tert-OH is 1. The van der Waals surface area contributed by atoms with Gasteiger partial charge in [0.2, 0.25) is 5.95 Å². The maximum Gasteiger partial charge on any atom is 0.239 e. The van der Waals surface area contributed by atoms with Crippen molar-refractivity contribution in [1.29, 1.82) is 0 Å². The van der Waals surface area contributed by atoms with Crippen LogP contribution in [0.5, 0.6) is 0 Å². The number of anilines is 2. The quantitative estimate of drug-likeness (QED) is 0.498. The Morgan fingerprint density at radius 1 is 1.56 bits per heavy atom. The Morgan fingerprint density at radius 2 is 2.44 bits per heavy atom. The van der Waals surface area contributed by atoms with Crippen LogP contribution < -0.4 is 16.2 Å². The van der Waals surface area contributed by atoms with E-state index < -0.39 is 0 Å². The first-order valence-corrected chi connectivity index (χ1v) is 5.52. The van der Waals surface area contributed by atoms with E-state index in [0.29, 0.717) is 5.95 Å². The van der Waals surface area contributed by atoms with Crippen molar-refractivity contribution in [2.24, 2.45) is 5.84 Å². The van der Waals surface area contributed by atoms with Crippen LogP contribution in [0.3, 0.4) is 0 Å². The lowest BCUT2D eigenvalue weighted by molar-refractivity contribution is 0.239. The zero-order chi connectivity index (χ0) is 11.4. The highest BCUT2D eigenvalue weighted by Crippen LogP contribution is 2.22. The van der Waals surface area contributed by atoms with Gasteiger partial charge in [0.25, 0.3) is 0 Å². The van der Waals surface area contributed by atoms with Crippen LogP contribution in [-0.2, 0) is 0 Å². The van der Waals surface area contributed by atoms with Gasteiger partial charge < -0.3 is 10.0 Å². The van der Waals surface area contributed by atoms with Gasteiger partial charge in [-0.05, 0) is 25.3 Å². The summed E-state index contributed by atoms with van der Waals surface area (Å²) in [6.45, 7) is 1.08. The van der Waals surface area contributed by atoms with E-state index in [2.05, 4.69) is 20.3 Å². The van der Waals surface area contributed by atoms with Gasteiger partial charge >= 0.3 is 0 Å². The number of hydrogen-bond acceptors (Lipinski definition) is 6. The highest BCUT2D eigenvalue weighted by atomic mass is 16.3. The molecule has 0 amide bonds. The van der Waals surface area contributed by atoms with Crippen LogP contribution in [0.25, 0.3) is 0 Å². The third kappa shape index (κ3) is 2.23. The zero-order valence-electron chi connectivity index (χ0n) is 9.13. The fraction of sp³-hybridized carbons (Fsp3) is 0.600. The molecule has 1 fully saturated rings. The molecule has 2 heterocycles. The third-order valence-corrected chi connectivity index (χ3v) is 2.90. The highest BCUT2D eigenvalue weighted by molar-refractivity contribution is 5.43. The summed E-state index contributed by atoms with van der Waals surface area (Å²) in [6, 6.07) is 2.00. The molecule has 4 N–H and O–H groups in total. The molecule has 0 aliphatic carbocycles. The van der Waals surface area contributed by atoms with Gasteiger partial charge in [0.05, 0.1) is 12.6 Å². The lowest BCUT2D eigenvalue weighted by Crippen LogP contribution is -2.42. The largest absolute Gasteiger partial charge is 0.394 e. The van der Waals surface area contributed by atoms with Crippen molar-refractivity contribution < 1.29 is 5.11 Å².